The molecule has 0 spiro atoms. The summed E-state index contributed by atoms with van der Waals surface area (Å²) in [7, 11) is 0. The number of rotatable bonds is 7. The Morgan fingerprint density at radius 2 is 1.44 bits per heavy atom. The molecule has 1 aliphatic rings. The van der Waals surface area contributed by atoms with Crippen molar-refractivity contribution < 1.29 is 23.8 Å². The largest absolute Gasteiger partial charge is 0.508 e. The van der Waals surface area contributed by atoms with Crippen LogP contribution < -0.4 is 4.90 Å². The fourth-order valence-electron chi connectivity index (χ4n) is 4.85. The highest BCUT2D eigenvalue weighted by atomic mass is 19.1. The molecule has 1 heterocycles. The normalized spacial score (nSPS) is 18.1. The summed E-state index contributed by atoms with van der Waals surface area (Å²) in [5.41, 5.74) is 3.94. The third kappa shape index (κ3) is 4.72. The van der Waals surface area contributed by atoms with E-state index in [4.69, 9.17) is 0 Å². The molecule has 36 heavy (non-hydrogen) atoms. The highest BCUT2D eigenvalue weighted by Crippen LogP contribution is 2.46. The molecule has 4 aromatic rings. The molecule has 0 aromatic heterocycles. The number of halogens is 2. The van der Waals surface area contributed by atoms with Gasteiger partial charge in [-0.15, -0.1) is 0 Å². The molecular weight excluding hydrogens is 460 g/mol. The minimum atomic E-state index is -0.813. The van der Waals surface area contributed by atoms with Crippen LogP contribution in [0.2, 0.25) is 0 Å². The molecule has 4 nitrogen and oxygen atoms in total. The number of hydrogen-bond donors (Lipinski definition) is 2. The van der Waals surface area contributed by atoms with Crippen molar-refractivity contribution in [2.45, 2.75) is 25.0 Å². The van der Waals surface area contributed by atoms with Gasteiger partial charge in [0.25, 0.3) is 0 Å². The molecule has 1 saturated heterocycles. The maximum Gasteiger partial charge on any atom is 0.233 e. The quantitative estimate of drug-likeness (QED) is 0.292. The number of hydrogen-bond acceptors (Lipinski definition) is 3. The van der Waals surface area contributed by atoms with Gasteiger partial charge >= 0.3 is 0 Å². The number of aliphatic hydroxyl groups excluding tert-OH is 1. The first-order valence-electron chi connectivity index (χ1n) is 11.8. The van der Waals surface area contributed by atoms with E-state index in [1.165, 1.54) is 24.3 Å². The van der Waals surface area contributed by atoms with E-state index in [0.717, 1.165) is 16.7 Å². The fraction of sp³-hybridized carbons (Fsp3) is 0.167. The predicted octanol–water partition coefficient (Wildman–Crippen LogP) is 6.56. The molecule has 1 aliphatic heterocycles. The highest BCUT2D eigenvalue weighted by Gasteiger charge is 2.48. The van der Waals surface area contributed by atoms with E-state index >= 15 is 0 Å². The van der Waals surface area contributed by atoms with Gasteiger partial charge in [0.1, 0.15) is 17.4 Å². The van der Waals surface area contributed by atoms with Crippen LogP contribution in [0.4, 0.5) is 14.5 Å². The highest BCUT2D eigenvalue weighted by molar-refractivity contribution is 6.03. The van der Waals surface area contributed by atoms with Crippen LogP contribution in [-0.2, 0) is 4.79 Å². The maximum atomic E-state index is 13.5. The summed E-state index contributed by atoms with van der Waals surface area (Å²) in [4.78, 5) is 14.9. The SMILES string of the molecule is O=C1[C@H](CC[C@H](O)c2ccc(F)cc2)[C@@H](c2ccc(-c3cccc(O)c3)cc2)N1c1ccc(F)cc1. The van der Waals surface area contributed by atoms with Crippen molar-refractivity contribution in [3.63, 3.8) is 0 Å². The van der Waals surface area contributed by atoms with Gasteiger partial charge in [-0.05, 0) is 83.6 Å². The summed E-state index contributed by atoms with van der Waals surface area (Å²) >= 11 is 0. The minimum Gasteiger partial charge on any atom is -0.508 e. The lowest BCUT2D eigenvalue weighted by Gasteiger charge is -2.48. The van der Waals surface area contributed by atoms with Crippen molar-refractivity contribution in [3.05, 3.63) is 120 Å². The Kier molecular flexibility index (Phi) is 6.53. The van der Waals surface area contributed by atoms with Crippen LogP contribution in [-0.4, -0.2) is 16.1 Å². The van der Waals surface area contributed by atoms with Gasteiger partial charge in [0, 0.05) is 5.69 Å². The van der Waals surface area contributed by atoms with E-state index in [1.54, 1.807) is 47.4 Å². The van der Waals surface area contributed by atoms with Crippen LogP contribution in [0.3, 0.4) is 0 Å². The van der Waals surface area contributed by atoms with Gasteiger partial charge in [0.2, 0.25) is 5.91 Å². The van der Waals surface area contributed by atoms with Crippen molar-refractivity contribution in [3.8, 4) is 16.9 Å². The Bertz CT molecular complexity index is 1350. The molecule has 182 valence electrons. The second-order valence-corrected chi connectivity index (χ2v) is 9.05. The Morgan fingerprint density at radius 1 is 0.806 bits per heavy atom. The molecule has 5 rings (SSSR count). The minimum absolute atomic E-state index is 0.0880. The predicted molar refractivity (Wildman–Crippen MR) is 134 cm³/mol. The van der Waals surface area contributed by atoms with Crippen molar-refractivity contribution in [1.82, 2.24) is 0 Å². The van der Waals surface area contributed by atoms with Crippen molar-refractivity contribution >= 4 is 11.6 Å². The molecule has 6 heteroatoms. The summed E-state index contributed by atoms with van der Waals surface area (Å²) < 4.78 is 26.8. The number of aromatic hydroxyl groups is 1. The first-order chi connectivity index (χ1) is 17.4. The Labute approximate surface area is 208 Å². The number of β-lactam (4-membered cyclic amide) rings is 1. The first kappa shape index (κ1) is 23.7. The maximum absolute atomic E-state index is 13.5. The molecule has 4 aromatic carbocycles. The molecule has 2 N–H and O–H groups in total. The van der Waals surface area contributed by atoms with E-state index in [0.29, 0.717) is 24.1 Å². The number of carbonyl (C=O) groups is 1. The molecule has 0 unspecified atom stereocenters. The molecule has 3 atom stereocenters. The molecule has 0 saturated carbocycles. The van der Waals surface area contributed by atoms with Crippen LogP contribution >= 0.6 is 0 Å². The second kappa shape index (κ2) is 9.91. The molecule has 0 radical (unpaired) electrons. The topological polar surface area (TPSA) is 60.8 Å². The molecule has 1 amide bonds. The van der Waals surface area contributed by atoms with Gasteiger partial charge in [-0.1, -0.05) is 48.5 Å². The van der Waals surface area contributed by atoms with E-state index in [-0.39, 0.29) is 35.3 Å². The number of phenols is 1. The fourth-order valence-corrected chi connectivity index (χ4v) is 4.85. The zero-order chi connectivity index (χ0) is 25.2. The van der Waals surface area contributed by atoms with Crippen LogP contribution in [0.5, 0.6) is 5.75 Å². The second-order valence-electron chi connectivity index (χ2n) is 9.05. The van der Waals surface area contributed by atoms with Crippen LogP contribution in [0.25, 0.3) is 11.1 Å². The third-order valence-electron chi connectivity index (χ3n) is 6.76. The summed E-state index contributed by atoms with van der Waals surface area (Å²) in [6.45, 7) is 0. The van der Waals surface area contributed by atoms with Crippen LogP contribution in [0.15, 0.2) is 97.1 Å². The number of nitrogens with zero attached hydrogens (tertiary/aromatic N) is 1. The van der Waals surface area contributed by atoms with Crippen LogP contribution in [0.1, 0.15) is 36.1 Å². The number of anilines is 1. The number of benzene rings is 4. The lowest BCUT2D eigenvalue weighted by Crippen LogP contribution is -2.55. The summed E-state index contributed by atoms with van der Waals surface area (Å²) in [5.74, 6) is -1.02. The van der Waals surface area contributed by atoms with Crippen LogP contribution in [0, 0.1) is 17.6 Å². The standard InChI is InChI=1S/C30H25F2NO3/c31-23-10-8-20(9-11-23)28(35)17-16-27-29(33(30(27)36)25-14-12-24(32)13-15-25)21-6-4-19(5-7-21)22-2-1-3-26(34)18-22/h1-15,18,27-29,34-35H,16-17H2/t27-,28+,29-/m1/s1. The first-order valence-corrected chi connectivity index (χ1v) is 11.8. The van der Waals surface area contributed by atoms with E-state index < -0.39 is 6.10 Å². The van der Waals surface area contributed by atoms with Gasteiger partial charge in [-0.2, -0.15) is 0 Å². The number of phenolic OH excluding ortho intramolecular Hbond substituents is 1. The Hall–Kier alpha value is -4.03. The lowest BCUT2D eigenvalue weighted by atomic mass is 9.78. The summed E-state index contributed by atoms with van der Waals surface area (Å²) in [6.07, 6.45) is -0.0300. The van der Waals surface area contributed by atoms with E-state index in [9.17, 15) is 23.8 Å². The van der Waals surface area contributed by atoms with E-state index in [2.05, 4.69) is 0 Å². The van der Waals surface area contributed by atoms with Gasteiger partial charge in [0.05, 0.1) is 18.1 Å². The third-order valence-corrected chi connectivity index (χ3v) is 6.76. The summed E-state index contributed by atoms with van der Waals surface area (Å²) in [6, 6.07) is 26.1. The van der Waals surface area contributed by atoms with Gasteiger partial charge in [-0.25, -0.2) is 8.78 Å². The average Bonchev–Trinajstić information content (AvgIpc) is 2.89. The van der Waals surface area contributed by atoms with Gasteiger partial charge in [-0.3, -0.25) is 4.79 Å². The molecular formula is C30H25F2NO3. The molecule has 1 fully saturated rings. The van der Waals surface area contributed by atoms with Crippen molar-refractivity contribution in [2.24, 2.45) is 5.92 Å². The summed E-state index contributed by atoms with van der Waals surface area (Å²) in [5, 5.41) is 20.4. The van der Waals surface area contributed by atoms with Crippen molar-refractivity contribution in [2.75, 3.05) is 4.90 Å². The molecule has 0 aliphatic carbocycles. The zero-order valence-corrected chi connectivity index (χ0v) is 19.4. The molecule has 0 bridgehead atoms. The lowest BCUT2D eigenvalue weighted by molar-refractivity contribution is -0.131. The zero-order valence-electron chi connectivity index (χ0n) is 19.4. The number of aliphatic hydroxyl groups is 1. The van der Waals surface area contributed by atoms with E-state index in [1.807, 2.05) is 30.3 Å². The smallest absolute Gasteiger partial charge is 0.233 e. The van der Waals surface area contributed by atoms with Gasteiger partial charge < -0.3 is 15.1 Å². The van der Waals surface area contributed by atoms with Crippen molar-refractivity contribution in [1.29, 1.82) is 0 Å². The number of carbonyl (C=O) groups excluding carboxylic acids is 1. The van der Waals surface area contributed by atoms with Gasteiger partial charge in [0.15, 0.2) is 0 Å². The Balaban J connectivity index is 1.40. The monoisotopic (exact) mass is 485 g/mol. The Morgan fingerprint density at radius 3 is 2.08 bits per heavy atom. The average molecular weight is 486 g/mol. The number of amides is 1.